The zero-order valence-electron chi connectivity index (χ0n) is 18.6. The number of pyridine rings is 1. The highest BCUT2D eigenvalue weighted by atomic mass is 32.2. The van der Waals surface area contributed by atoms with Crippen molar-refractivity contribution in [2.45, 2.75) is 47.1 Å². The first-order chi connectivity index (χ1) is 14.7. The first kappa shape index (κ1) is 22.0. The molecule has 4 rings (SSSR count). The monoisotopic (exact) mass is 456 g/mol. The summed E-state index contributed by atoms with van der Waals surface area (Å²) in [7, 11) is 0. The van der Waals surface area contributed by atoms with Crippen LogP contribution in [0.25, 0.3) is 11.7 Å². The maximum atomic E-state index is 13.6. The molecule has 2 aliphatic rings. The summed E-state index contributed by atoms with van der Waals surface area (Å²) in [5.74, 6) is 1.53. The van der Waals surface area contributed by atoms with Crippen LogP contribution < -0.4 is 10.5 Å². The minimum atomic E-state index is -0.163. The third-order valence-electron chi connectivity index (χ3n) is 5.85. The molecule has 0 radical (unpaired) electrons. The molecular weight excluding hydrogens is 428 g/mol. The van der Waals surface area contributed by atoms with Crippen molar-refractivity contribution < 1.29 is 4.79 Å². The fourth-order valence-electron chi connectivity index (χ4n) is 4.56. The molecule has 0 bridgehead atoms. The summed E-state index contributed by atoms with van der Waals surface area (Å²) in [4.78, 5) is 35.8. The molecule has 0 saturated carbocycles. The Balaban J connectivity index is 1.92. The second-order valence-electron chi connectivity index (χ2n) is 9.04. The van der Waals surface area contributed by atoms with E-state index in [4.69, 9.17) is 17.2 Å². The van der Waals surface area contributed by atoms with Crippen LogP contribution in [0.4, 0.5) is 5.82 Å². The molecule has 6 nitrogen and oxygen atoms in total. The van der Waals surface area contributed by atoms with Crippen LogP contribution in [0.1, 0.15) is 45.2 Å². The smallest absolute Gasteiger partial charge is 0.267 e. The number of rotatable bonds is 3. The molecular formula is C23H28N4O2S2. The molecule has 0 spiro atoms. The third-order valence-corrected chi connectivity index (χ3v) is 7.18. The fraction of sp³-hybridized carbons (Fsp3) is 0.478. The largest absolute Gasteiger partial charge is 0.355 e. The van der Waals surface area contributed by atoms with E-state index in [2.05, 4.69) is 18.7 Å². The van der Waals surface area contributed by atoms with Gasteiger partial charge in [0.15, 0.2) is 0 Å². The molecule has 2 unspecified atom stereocenters. The molecule has 2 aromatic heterocycles. The van der Waals surface area contributed by atoms with E-state index in [0.29, 0.717) is 38.1 Å². The van der Waals surface area contributed by atoms with Crippen molar-refractivity contribution >= 4 is 51.7 Å². The maximum absolute atomic E-state index is 13.6. The van der Waals surface area contributed by atoms with Crippen LogP contribution in [0.15, 0.2) is 28.0 Å². The Morgan fingerprint density at radius 1 is 1.23 bits per heavy atom. The minimum Gasteiger partial charge on any atom is -0.355 e. The van der Waals surface area contributed by atoms with Gasteiger partial charge >= 0.3 is 0 Å². The average molecular weight is 457 g/mol. The zero-order chi connectivity index (χ0) is 22.4. The Kier molecular flexibility index (Phi) is 5.96. The number of nitrogens with zero attached hydrogens (tertiary/aromatic N) is 4. The van der Waals surface area contributed by atoms with E-state index >= 15 is 0 Å². The van der Waals surface area contributed by atoms with Gasteiger partial charge in [0, 0.05) is 25.3 Å². The molecule has 0 N–H and O–H groups in total. The van der Waals surface area contributed by atoms with Crippen molar-refractivity contribution in [3.05, 3.63) is 44.7 Å². The van der Waals surface area contributed by atoms with Crippen molar-refractivity contribution in [3.63, 3.8) is 0 Å². The number of hydrogen-bond acceptors (Lipinski definition) is 6. The summed E-state index contributed by atoms with van der Waals surface area (Å²) in [6, 6.07) is 3.78. The van der Waals surface area contributed by atoms with Crippen LogP contribution in [0.5, 0.6) is 0 Å². The molecule has 2 saturated heterocycles. The molecule has 1 amide bonds. The van der Waals surface area contributed by atoms with Crippen LogP contribution in [0.2, 0.25) is 0 Å². The van der Waals surface area contributed by atoms with E-state index in [9.17, 15) is 9.59 Å². The molecule has 2 aromatic rings. The van der Waals surface area contributed by atoms with Gasteiger partial charge in [0.05, 0.1) is 10.5 Å². The molecule has 0 aromatic carbocycles. The van der Waals surface area contributed by atoms with Gasteiger partial charge in [0.25, 0.3) is 11.5 Å². The number of fused-ring (bicyclic) bond motifs is 1. The summed E-state index contributed by atoms with van der Waals surface area (Å²) < 4.78 is 2.10. The van der Waals surface area contributed by atoms with Crippen LogP contribution in [0.3, 0.4) is 0 Å². The number of hydrogen-bond donors (Lipinski definition) is 0. The van der Waals surface area contributed by atoms with Gasteiger partial charge in [-0.15, -0.1) is 0 Å². The quantitative estimate of drug-likeness (QED) is 0.512. The van der Waals surface area contributed by atoms with E-state index in [1.54, 1.807) is 21.6 Å². The van der Waals surface area contributed by atoms with E-state index in [1.807, 2.05) is 32.9 Å². The molecule has 2 fully saturated rings. The molecule has 164 valence electrons. The second-order valence-corrected chi connectivity index (χ2v) is 10.7. The Labute approximate surface area is 192 Å². The van der Waals surface area contributed by atoms with Crippen molar-refractivity contribution in [2.75, 3.05) is 18.0 Å². The van der Waals surface area contributed by atoms with Gasteiger partial charge in [-0.2, -0.15) is 0 Å². The van der Waals surface area contributed by atoms with Gasteiger partial charge < -0.3 is 4.90 Å². The Morgan fingerprint density at radius 3 is 2.52 bits per heavy atom. The number of carbonyl (C=O) groups excluding carboxylic acids is 1. The van der Waals surface area contributed by atoms with Crippen LogP contribution in [-0.4, -0.2) is 43.6 Å². The highest BCUT2D eigenvalue weighted by Crippen LogP contribution is 2.35. The Bertz CT molecular complexity index is 1140. The number of thiocarbonyl (C=S) groups is 1. The Hall–Kier alpha value is -2.19. The van der Waals surface area contributed by atoms with Gasteiger partial charge in [0.1, 0.15) is 15.8 Å². The normalized spacial score (nSPS) is 23.6. The Morgan fingerprint density at radius 2 is 1.90 bits per heavy atom. The topological polar surface area (TPSA) is 57.9 Å². The SMILES string of the molecule is Cc1cccn2c(=O)c(C=C3SC(=S)N(C(C)C)C3=O)c(N3CC(C)CC(C)C3)nc12. The lowest BCUT2D eigenvalue weighted by molar-refractivity contribution is -0.123. The van der Waals surface area contributed by atoms with Crippen LogP contribution in [0, 0.1) is 18.8 Å². The predicted molar refractivity (Wildman–Crippen MR) is 132 cm³/mol. The summed E-state index contributed by atoms with van der Waals surface area (Å²) in [6.45, 7) is 12.0. The number of aromatic nitrogens is 2. The van der Waals surface area contributed by atoms with Crippen molar-refractivity contribution in [1.82, 2.24) is 14.3 Å². The standard InChI is InChI=1S/C23H28N4O2S2/c1-13(2)27-22(29)18(31-23(27)30)10-17-20(25-11-14(3)9-15(4)12-25)24-19-16(5)7-6-8-26(19)21(17)28/h6-8,10,13-15H,9,11-12H2,1-5H3. The first-order valence-corrected chi connectivity index (χ1v) is 11.9. The molecule has 4 heterocycles. The van der Waals surface area contributed by atoms with Gasteiger partial charge in [-0.25, -0.2) is 4.98 Å². The zero-order valence-corrected chi connectivity index (χ0v) is 20.2. The molecule has 8 heteroatoms. The van der Waals surface area contributed by atoms with Gasteiger partial charge in [-0.1, -0.05) is 43.9 Å². The summed E-state index contributed by atoms with van der Waals surface area (Å²) in [5.41, 5.74) is 1.88. The number of carbonyl (C=O) groups is 1. The lowest BCUT2D eigenvalue weighted by Crippen LogP contribution is -2.40. The van der Waals surface area contributed by atoms with Crippen LogP contribution >= 0.6 is 24.0 Å². The number of piperidine rings is 1. The molecule has 0 aliphatic carbocycles. The summed E-state index contributed by atoms with van der Waals surface area (Å²) in [6.07, 6.45) is 4.59. The third kappa shape index (κ3) is 4.03. The second kappa shape index (κ2) is 8.39. The lowest BCUT2D eigenvalue weighted by atomic mass is 9.91. The predicted octanol–water partition coefficient (Wildman–Crippen LogP) is 4.09. The molecule has 2 atom stereocenters. The number of amides is 1. The maximum Gasteiger partial charge on any atom is 0.267 e. The molecule has 31 heavy (non-hydrogen) atoms. The van der Waals surface area contributed by atoms with Gasteiger partial charge in [0.2, 0.25) is 0 Å². The van der Waals surface area contributed by atoms with Gasteiger partial charge in [-0.3, -0.25) is 18.9 Å². The highest BCUT2D eigenvalue weighted by Gasteiger charge is 2.35. The first-order valence-electron chi connectivity index (χ1n) is 10.7. The fourth-order valence-corrected chi connectivity index (χ4v) is 6.07. The number of aryl methyl sites for hydroxylation is 1. The van der Waals surface area contributed by atoms with E-state index in [1.165, 1.54) is 11.8 Å². The van der Waals surface area contributed by atoms with Crippen LogP contribution in [-0.2, 0) is 4.79 Å². The summed E-state index contributed by atoms with van der Waals surface area (Å²) >= 11 is 6.67. The minimum absolute atomic E-state index is 0.0276. The van der Waals surface area contributed by atoms with E-state index < -0.39 is 0 Å². The van der Waals surface area contributed by atoms with Crippen molar-refractivity contribution in [1.29, 1.82) is 0 Å². The van der Waals surface area contributed by atoms with Crippen molar-refractivity contribution in [3.8, 4) is 0 Å². The molecule has 2 aliphatic heterocycles. The van der Waals surface area contributed by atoms with E-state index in [0.717, 1.165) is 25.1 Å². The van der Waals surface area contributed by atoms with Gasteiger partial charge in [-0.05, 0) is 56.7 Å². The van der Waals surface area contributed by atoms with Crippen molar-refractivity contribution in [2.24, 2.45) is 11.8 Å². The van der Waals surface area contributed by atoms with E-state index in [-0.39, 0.29) is 17.5 Å². The average Bonchev–Trinajstić information content (AvgIpc) is 2.97. The number of thioether (sulfide) groups is 1. The highest BCUT2D eigenvalue weighted by molar-refractivity contribution is 8.26. The number of anilines is 1. The summed E-state index contributed by atoms with van der Waals surface area (Å²) in [5, 5.41) is 0. The lowest BCUT2D eigenvalue weighted by Gasteiger charge is -2.36.